The lowest BCUT2D eigenvalue weighted by molar-refractivity contribution is 0.174. The van der Waals surface area contributed by atoms with Gasteiger partial charge >= 0.3 is 0 Å². The number of rotatable bonds is 6. The highest BCUT2D eigenvalue weighted by atomic mass is 32.2. The van der Waals surface area contributed by atoms with Crippen LogP contribution in [0, 0.1) is 0 Å². The standard InChI is InChI=1S/C19H31N3O4S/c1-25-18-8-7-17(15-19(18)26-2)16-20-11-13-22(14-12-20)27(23,24)21-9-5-3-4-6-10-21/h7-8,15H,3-6,9-14,16H2,1-2H3. The summed E-state index contributed by atoms with van der Waals surface area (Å²) in [4.78, 5) is 2.29. The van der Waals surface area contributed by atoms with E-state index >= 15 is 0 Å². The molecule has 7 nitrogen and oxygen atoms in total. The van der Waals surface area contributed by atoms with Crippen LogP contribution in [0.2, 0.25) is 0 Å². The quantitative estimate of drug-likeness (QED) is 0.734. The molecule has 2 fully saturated rings. The van der Waals surface area contributed by atoms with Gasteiger partial charge in [0.25, 0.3) is 10.2 Å². The second-order valence-electron chi connectivity index (χ2n) is 7.19. The highest BCUT2D eigenvalue weighted by Crippen LogP contribution is 2.28. The lowest BCUT2D eigenvalue weighted by atomic mass is 10.1. The highest BCUT2D eigenvalue weighted by Gasteiger charge is 2.32. The van der Waals surface area contributed by atoms with Crippen LogP contribution >= 0.6 is 0 Å². The molecule has 0 radical (unpaired) electrons. The number of methoxy groups -OCH3 is 2. The largest absolute Gasteiger partial charge is 0.493 e. The number of benzene rings is 1. The van der Waals surface area contributed by atoms with E-state index < -0.39 is 10.2 Å². The summed E-state index contributed by atoms with van der Waals surface area (Å²) in [5, 5.41) is 0. The third-order valence-electron chi connectivity index (χ3n) is 5.40. The minimum Gasteiger partial charge on any atom is -0.493 e. The zero-order valence-corrected chi connectivity index (χ0v) is 17.2. The fraction of sp³-hybridized carbons (Fsp3) is 0.684. The molecule has 0 saturated carbocycles. The molecular weight excluding hydrogens is 366 g/mol. The molecule has 2 saturated heterocycles. The Labute approximate surface area is 163 Å². The molecule has 0 spiro atoms. The van der Waals surface area contributed by atoms with Crippen LogP contribution < -0.4 is 9.47 Å². The van der Waals surface area contributed by atoms with E-state index in [2.05, 4.69) is 4.90 Å². The maximum atomic E-state index is 12.9. The third kappa shape index (κ3) is 4.93. The molecule has 0 unspecified atom stereocenters. The first-order valence-electron chi connectivity index (χ1n) is 9.73. The molecule has 8 heteroatoms. The van der Waals surface area contributed by atoms with Crippen LogP contribution in [0.1, 0.15) is 31.2 Å². The van der Waals surface area contributed by atoms with Crippen molar-refractivity contribution in [2.45, 2.75) is 32.2 Å². The van der Waals surface area contributed by atoms with E-state index in [1.165, 1.54) is 0 Å². The summed E-state index contributed by atoms with van der Waals surface area (Å²) in [5.41, 5.74) is 1.14. The van der Waals surface area contributed by atoms with Crippen molar-refractivity contribution in [2.75, 3.05) is 53.5 Å². The van der Waals surface area contributed by atoms with Crippen LogP contribution in [-0.4, -0.2) is 75.4 Å². The van der Waals surface area contributed by atoms with E-state index in [1.807, 2.05) is 18.2 Å². The molecule has 2 heterocycles. The van der Waals surface area contributed by atoms with Gasteiger partial charge in [0.05, 0.1) is 14.2 Å². The molecule has 27 heavy (non-hydrogen) atoms. The molecule has 152 valence electrons. The van der Waals surface area contributed by atoms with E-state index in [4.69, 9.17) is 9.47 Å². The maximum absolute atomic E-state index is 12.9. The Morgan fingerprint density at radius 1 is 0.815 bits per heavy atom. The number of hydrogen-bond acceptors (Lipinski definition) is 5. The highest BCUT2D eigenvalue weighted by molar-refractivity contribution is 7.86. The maximum Gasteiger partial charge on any atom is 0.282 e. The summed E-state index contributed by atoms with van der Waals surface area (Å²) in [5.74, 6) is 1.44. The summed E-state index contributed by atoms with van der Waals surface area (Å²) in [6.45, 7) is 4.67. The lowest BCUT2D eigenvalue weighted by Crippen LogP contribution is -2.52. The molecule has 2 aliphatic rings. The van der Waals surface area contributed by atoms with Gasteiger partial charge in [0.2, 0.25) is 0 Å². The Kier molecular flexibility index (Phi) is 6.97. The molecule has 0 bridgehead atoms. The number of piperazine rings is 1. The molecule has 0 N–H and O–H groups in total. The topological polar surface area (TPSA) is 62.3 Å². The molecule has 1 aromatic rings. The Balaban J connectivity index is 1.57. The first kappa shape index (κ1) is 20.4. The fourth-order valence-corrected chi connectivity index (χ4v) is 5.46. The van der Waals surface area contributed by atoms with Crippen LogP contribution in [-0.2, 0) is 16.8 Å². The van der Waals surface area contributed by atoms with Crippen molar-refractivity contribution in [3.05, 3.63) is 23.8 Å². The van der Waals surface area contributed by atoms with Crippen molar-refractivity contribution in [2.24, 2.45) is 0 Å². The lowest BCUT2D eigenvalue weighted by Gasteiger charge is -2.36. The Hall–Kier alpha value is -1.35. The summed E-state index contributed by atoms with van der Waals surface area (Å²) in [6.07, 6.45) is 4.20. The van der Waals surface area contributed by atoms with E-state index in [9.17, 15) is 8.42 Å². The molecule has 1 aromatic carbocycles. The zero-order valence-electron chi connectivity index (χ0n) is 16.4. The van der Waals surface area contributed by atoms with Crippen LogP contribution in [0.15, 0.2) is 18.2 Å². The van der Waals surface area contributed by atoms with Gasteiger partial charge in [-0.15, -0.1) is 0 Å². The predicted molar refractivity (Wildman–Crippen MR) is 105 cm³/mol. The average Bonchev–Trinajstić information content (AvgIpc) is 2.98. The van der Waals surface area contributed by atoms with Gasteiger partial charge in [-0.05, 0) is 30.5 Å². The van der Waals surface area contributed by atoms with Crippen LogP contribution in [0.4, 0.5) is 0 Å². The Morgan fingerprint density at radius 2 is 1.41 bits per heavy atom. The molecule has 2 aliphatic heterocycles. The Bertz CT molecular complexity index is 710. The smallest absolute Gasteiger partial charge is 0.282 e. The van der Waals surface area contributed by atoms with Crippen LogP contribution in [0.3, 0.4) is 0 Å². The zero-order chi connectivity index (χ0) is 19.3. The summed E-state index contributed by atoms with van der Waals surface area (Å²) >= 11 is 0. The number of hydrogen-bond donors (Lipinski definition) is 0. The first-order chi connectivity index (χ1) is 13.0. The van der Waals surface area contributed by atoms with E-state index in [-0.39, 0.29) is 0 Å². The normalized spacial score (nSPS) is 21.0. The predicted octanol–water partition coefficient (Wildman–Crippen LogP) is 1.94. The van der Waals surface area contributed by atoms with Crippen molar-refractivity contribution in [1.29, 1.82) is 0 Å². The third-order valence-corrected chi connectivity index (χ3v) is 7.44. The van der Waals surface area contributed by atoms with Gasteiger partial charge < -0.3 is 9.47 Å². The second-order valence-corrected chi connectivity index (χ2v) is 9.11. The monoisotopic (exact) mass is 397 g/mol. The van der Waals surface area contributed by atoms with Crippen LogP contribution in [0.25, 0.3) is 0 Å². The minimum absolute atomic E-state index is 0.548. The van der Waals surface area contributed by atoms with Crippen molar-refractivity contribution in [1.82, 2.24) is 13.5 Å². The molecular formula is C19H31N3O4S. The SMILES string of the molecule is COc1ccc(CN2CCN(S(=O)(=O)N3CCCCCC3)CC2)cc1OC. The Morgan fingerprint density at radius 3 is 2.00 bits per heavy atom. The van der Waals surface area contributed by atoms with Crippen molar-refractivity contribution in [3.63, 3.8) is 0 Å². The fourth-order valence-electron chi connectivity index (χ4n) is 3.79. The second kappa shape index (κ2) is 9.23. The van der Waals surface area contributed by atoms with E-state index in [1.54, 1.807) is 22.8 Å². The number of nitrogens with zero attached hydrogens (tertiary/aromatic N) is 3. The first-order valence-corrected chi connectivity index (χ1v) is 11.1. The average molecular weight is 398 g/mol. The van der Waals surface area contributed by atoms with Gasteiger partial charge in [-0.25, -0.2) is 0 Å². The van der Waals surface area contributed by atoms with Crippen molar-refractivity contribution >= 4 is 10.2 Å². The molecule has 0 aliphatic carbocycles. The molecule has 0 atom stereocenters. The van der Waals surface area contributed by atoms with Gasteiger partial charge in [-0.1, -0.05) is 18.9 Å². The van der Waals surface area contributed by atoms with Crippen molar-refractivity contribution < 1.29 is 17.9 Å². The van der Waals surface area contributed by atoms with Gasteiger partial charge in [0.15, 0.2) is 11.5 Å². The summed E-state index contributed by atoms with van der Waals surface area (Å²) in [7, 11) is -0.0614. The van der Waals surface area contributed by atoms with Gasteiger partial charge in [-0.3, -0.25) is 4.90 Å². The summed E-state index contributed by atoms with van der Waals surface area (Å²) < 4.78 is 39.8. The molecule has 3 rings (SSSR count). The number of ether oxygens (including phenoxy) is 2. The van der Waals surface area contributed by atoms with Crippen LogP contribution in [0.5, 0.6) is 11.5 Å². The van der Waals surface area contributed by atoms with E-state index in [0.29, 0.717) is 26.2 Å². The van der Waals surface area contributed by atoms with Gasteiger partial charge in [-0.2, -0.15) is 17.0 Å². The van der Waals surface area contributed by atoms with Crippen molar-refractivity contribution in [3.8, 4) is 11.5 Å². The van der Waals surface area contributed by atoms with Gasteiger partial charge in [0.1, 0.15) is 0 Å². The minimum atomic E-state index is -3.32. The van der Waals surface area contributed by atoms with Gasteiger partial charge in [0, 0.05) is 45.8 Å². The van der Waals surface area contributed by atoms with E-state index in [0.717, 1.165) is 62.4 Å². The molecule has 0 amide bonds. The summed E-state index contributed by atoms with van der Waals surface area (Å²) in [6, 6.07) is 5.93. The molecule has 0 aromatic heterocycles.